The Bertz CT molecular complexity index is 1340. The molecule has 1 heterocycles. The van der Waals surface area contributed by atoms with Crippen molar-refractivity contribution in [2.75, 3.05) is 23.7 Å². The Morgan fingerprint density at radius 3 is 2.24 bits per heavy atom. The first-order valence-corrected chi connectivity index (χ1v) is 12.7. The lowest BCUT2D eigenvalue weighted by molar-refractivity contribution is 0.101. The molecule has 34 heavy (non-hydrogen) atoms. The molecule has 3 aromatic carbocycles. The van der Waals surface area contributed by atoms with E-state index in [1.165, 1.54) is 22.5 Å². The number of nitrogens with one attached hydrogen (secondary N) is 2. The molecule has 0 spiro atoms. The van der Waals surface area contributed by atoms with E-state index in [-0.39, 0.29) is 21.4 Å². The molecule has 1 aliphatic rings. The lowest BCUT2D eigenvalue weighted by Gasteiger charge is -2.17. The summed E-state index contributed by atoms with van der Waals surface area (Å²) in [7, 11) is -3.70. The van der Waals surface area contributed by atoms with Crippen molar-refractivity contribution in [3.63, 3.8) is 0 Å². The van der Waals surface area contributed by atoms with Crippen LogP contribution in [0, 0.1) is 6.92 Å². The van der Waals surface area contributed by atoms with Gasteiger partial charge in [-0.15, -0.1) is 0 Å². The molecule has 2 amide bonds. The normalized spacial score (nSPS) is 14.1. The van der Waals surface area contributed by atoms with Gasteiger partial charge in [-0.05, 0) is 67.8 Å². The fourth-order valence-electron chi connectivity index (χ4n) is 3.84. The molecule has 0 atom stereocenters. The molecular weight excluding hydrogens is 474 g/mol. The number of sulfonamides is 1. The van der Waals surface area contributed by atoms with Crippen molar-refractivity contribution >= 4 is 44.8 Å². The molecular formula is C25H24ClN3O4S. The van der Waals surface area contributed by atoms with Crippen LogP contribution in [0.3, 0.4) is 0 Å². The zero-order valence-electron chi connectivity index (χ0n) is 18.5. The Morgan fingerprint density at radius 2 is 1.53 bits per heavy atom. The third-order valence-electron chi connectivity index (χ3n) is 5.74. The number of hydrogen-bond donors (Lipinski definition) is 2. The maximum atomic E-state index is 13.1. The predicted octanol–water partition coefficient (Wildman–Crippen LogP) is 4.94. The highest BCUT2D eigenvalue weighted by atomic mass is 35.5. The van der Waals surface area contributed by atoms with E-state index in [0.717, 1.165) is 12.8 Å². The van der Waals surface area contributed by atoms with Crippen LogP contribution < -0.4 is 10.6 Å². The number of rotatable bonds is 6. The third kappa shape index (κ3) is 4.99. The fraction of sp³-hybridized carbons (Fsp3) is 0.200. The minimum atomic E-state index is -3.70. The third-order valence-corrected chi connectivity index (χ3v) is 7.97. The molecule has 0 bridgehead atoms. The summed E-state index contributed by atoms with van der Waals surface area (Å²) in [5.41, 5.74) is 2.10. The van der Waals surface area contributed by atoms with Crippen molar-refractivity contribution in [3.8, 4) is 0 Å². The quantitative estimate of drug-likeness (QED) is 0.504. The van der Waals surface area contributed by atoms with Gasteiger partial charge in [0, 0.05) is 30.0 Å². The van der Waals surface area contributed by atoms with Crippen molar-refractivity contribution in [3.05, 3.63) is 88.4 Å². The highest BCUT2D eigenvalue weighted by molar-refractivity contribution is 7.89. The van der Waals surface area contributed by atoms with Gasteiger partial charge in [0.15, 0.2) is 0 Å². The monoisotopic (exact) mass is 497 g/mol. The van der Waals surface area contributed by atoms with Gasteiger partial charge in [0.1, 0.15) is 0 Å². The van der Waals surface area contributed by atoms with Crippen molar-refractivity contribution in [2.24, 2.45) is 0 Å². The molecule has 0 saturated carbocycles. The van der Waals surface area contributed by atoms with Gasteiger partial charge >= 0.3 is 0 Å². The summed E-state index contributed by atoms with van der Waals surface area (Å²) in [4.78, 5) is 25.8. The molecule has 3 aromatic rings. The Balaban J connectivity index is 1.57. The molecule has 0 radical (unpaired) electrons. The van der Waals surface area contributed by atoms with Crippen LogP contribution in [-0.2, 0) is 10.0 Å². The highest BCUT2D eigenvalue weighted by Gasteiger charge is 2.28. The summed E-state index contributed by atoms with van der Waals surface area (Å²) in [6, 6.07) is 18.2. The molecule has 9 heteroatoms. The van der Waals surface area contributed by atoms with Crippen LogP contribution in [0.25, 0.3) is 0 Å². The Kier molecular flexibility index (Phi) is 7.02. The molecule has 1 aliphatic heterocycles. The van der Waals surface area contributed by atoms with Gasteiger partial charge in [-0.25, -0.2) is 8.42 Å². The SMILES string of the molecule is Cc1c(NC(=O)c2cc(S(=O)(=O)N3CCCC3)ccc2Cl)cccc1C(=O)Nc1ccccc1. The maximum Gasteiger partial charge on any atom is 0.257 e. The van der Waals surface area contributed by atoms with Crippen molar-refractivity contribution in [2.45, 2.75) is 24.7 Å². The minimum Gasteiger partial charge on any atom is -0.322 e. The Labute approximate surface area is 203 Å². The number of carbonyl (C=O) groups excluding carboxylic acids is 2. The molecule has 0 unspecified atom stereocenters. The summed E-state index contributed by atoms with van der Waals surface area (Å²) in [5.74, 6) is -0.872. The molecule has 4 rings (SSSR count). The van der Waals surface area contributed by atoms with Gasteiger partial charge < -0.3 is 10.6 Å². The Morgan fingerprint density at radius 1 is 0.853 bits per heavy atom. The molecule has 1 saturated heterocycles. The summed E-state index contributed by atoms with van der Waals surface area (Å²) in [6.45, 7) is 2.65. The van der Waals surface area contributed by atoms with Crippen LogP contribution >= 0.6 is 11.6 Å². The second-order valence-corrected chi connectivity index (χ2v) is 10.4. The van der Waals surface area contributed by atoms with E-state index in [4.69, 9.17) is 11.6 Å². The number of halogens is 1. The summed E-state index contributed by atoms with van der Waals surface area (Å²) in [6.07, 6.45) is 1.63. The van der Waals surface area contributed by atoms with E-state index in [1.54, 1.807) is 37.3 Å². The van der Waals surface area contributed by atoms with Crippen molar-refractivity contribution in [1.29, 1.82) is 0 Å². The molecule has 1 fully saturated rings. The van der Waals surface area contributed by atoms with Crippen LogP contribution in [0.2, 0.25) is 5.02 Å². The summed E-state index contributed by atoms with van der Waals surface area (Å²) < 4.78 is 27.2. The number of benzene rings is 3. The van der Waals surface area contributed by atoms with E-state index in [1.807, 2.05) is 18.2 Å². The number of amides is 2. The van der Waals surface area contributed by atoms with Gasteiger partial charge in [0.2, 0.25) is 10.0 Å². The number of para-hydroxylation sites is 1. The van der Waals surface area contributed by atoms with Crippen LogP contribution in [0.15, 0.2) is 71.6 Å². The Hall–Kier alpha value is -3.20. The van der Waals surface area contributed by atoms with E-state index in [0.29, 0.717) is 35.6 Å². The van der Waals surface area contributed by atoms with E-state index in [9.17, 15) is 18.0 Å². The maximum absolute atomic E-state index is 13.1. The second kappa shape index (κ2) is 9.97. The number of carbonyl (C=O) groups is 2. The zero-order chi connectivity index (χ0) is 24.3. The molecule has 176 valence electrons. The van der Waals surface area contributed by atoms with Gasteiger partial charge in [0.25, 0.3) is 11.8 Å². The molecule has 0 aliphatic carbocycles. The number of hydrogen-bond acceptors (Lipinski definition) is 4. The second-order valence-electron chi connectivity index (χ2n) is 8.01. The molecule has 0 aromatic heterocycles. The van der Waals surface area contributed by atoms with E-state index < -0.39 is 15.9 Å². The van der Waals surface area contributed by atoms with E-state index >= 15 is 0 Å². The van der Waals surface area contributed by atoms with Gasteiger partial charge in [-0.1, -0.05) is 35.9 Å². The lowest BCUT2D eigenvalue weighted by Crippen LogP contribution is -2.28. The number of nitrogens with zero attached hydrogens (tertiary/aromatic N) is 1. The van der Waals surface area contributed by atoms with Gasteiger partial charge in [0.05, 0.1) is 15.5 Å². The van der Waals surface area contributed by atoms with Crippen LogP contribution in [0.1, 0.15) is 39.1 Å². The van der Waals surface area contributed by atoms with Gasteiger partial charge in [-0.2, -0.15) is 4.31 Å². The first-order chi connectivity index (χ1) is 16.3. The average Bonchev–Trinajstić information content (AvgIpc) is 3.37. The molecule has 2 N–H and O–H groups in total. The standard InChI is InChI=1S/C25H24ClN3O4S/c1-17-20(24(30)27-18-8-3-2-4-9-18)10-7-11-23(17)28-25(31)21-16-19(12-13-22(21)26)34(32,33)29-14-5-6-15-29/h2-4,7-13,16H,5-6,14-15H2,1H3,(H,27,30)(H,28,31). The van der Waals surface area contributed by atoms with Crippen LogP contribution in [0.5, 0.6) is 0 Å². The lowest BCUT2D eigenvalue weighted by atomic mass is 10.1. The average molecular weight is 498 g/mol. The summed E-state index contributed by atoms with van der Waals surface area (Å²) in [5, 5.41) is 5.72. The largest absolute Gasteiger partial charge is 0.322 e. The number of anilines is 2. The van der Waals surface area contributed by atoms with E-state index in [2.05, 4.69) is 10.6 Å². The fourth-order valence-corrected chi connectivity index (χ4v) is 5.59. The first kappa shape index (κ1) is 23.9. The van der Waals surface area contributed by atoms with Gasteiger partial charge in [-0.3, -0.25) is 9.59 Å². The topological polar surface area (TPSA) is 95.6 Å². The highest BCUT2D eigenvalue weighted by Crippen LogP contribution is 2.27. The van der Waals surface area contributed by atoms with Crippen molar-refractivity contribution < 1.29 is 18.0 Å². The van der Waals surface area contributed by atoms with Crippen LogP contribution in [0.4, 0.5) is 11.4 Å². The zero-order valence-corrected chi connectivity index (χ0v) is 20.1. The predicted molar refractivity (Wildman–Crippen MR) is 133 cm³/mol. The minimum absolute atomic E-state index is 0.0247. The first-order valence-electron chi connectivity index (χ1n) is 10.8. The van der Waals surface area contributed by atoms with Crippen LogP contribution in [-0.4, -0.2) is 37.6 Å². The smallest absolute Gasteiger partial charge is 0.257 e. The van der Waals surface area contributed by atoms with Crippen molar-refractivity contribution in [1.82, 2.24) is 4.31 Å². The summed E-state index contributed by atoms with van der Waals surface area (Å²) >= 11 is 6.25. The molecule has 7 nitrogen and oxygen atoms in total.